The number of anilines is 2. The van der Waals surface area contributed by atoms with Crippen LogP contribution < -0.4 is 20.1 Å². The number of rotatable bonds is 10. The molecule has 2 aromatic rings. The molecule has 0 unspecified atom stereocenters. The van der Waals surface area contributed by atoms with Crippen LogP contribution in [-0.4, -0.2) is 50.1 Å². The summed E-state index contributed by atoms with van der Waals surface area (Å²) in [5, 5.41) is 5.46. The minimum Gasteiger partial charge on any atom is -0.497 e. The quantitative estimate of drug-likeness (QED) is 0.556. The van der Waals surface area contributed by atoms with Gasteiger partial charge in [-0.1, -0.05) is 0 Å². The fourth-order valence-electron chi connectivity index (χ4n) is 2.41. The van der Waals surface area contributed by atoms with Crippen molar-refractivity contribution < 1.29 is 28.6 Å². The number of amides is 2. The maximum absolute atomic E-state index is 12.1. The minimum atomic E-state index is -0.411. The average Bonchev–Trinajstić information content (AvgIpc) is 2.74. The number of esters is 1. The van der Waals surface area contributed by atoms with Crippen LogP contribution in [-0.2, 0) is 14.3 Å². The lowest BCUT2D eigenvalue weighted by Gasteiger charge is -2.10. The van der Waals surface area contributed by atoms with Crippen LogP contribution in [0.25, 0.3) is 0 Å². The summed E-state index contributed by atoms with van der Waals surface area (Å²) >= 11 is 1.18. The van der Waals surface area contributed by atoms with Gasteiger partial charge in [-0.15, -0.1) is 11.8 Å². The van der Waals surface area contributed by atoms with Crippen LogP contribution in [0.4, 0.5) is 11.4 Å². The Morgan fingerprint density at radius 3 is 1.87 bits per heavy atom. The Hall–Kier alpha value is -3.20. The molecule has 2 rings (SSSR count). The lowest BCUT2D eigenvalue weighted by molar-refractivity contribution is -0.114. The number of thioether (sulfide) groups is 1. The van der Waals surface area contributed by atoms with Crippen molar-refractivity contribution in [2.45, 2.75) is 6.92 Å². The highest BCUT2D eigenvalue weighted by Gasteiger charge is 2.10. The van der Waals surface area contributed by atoms with E-state index in [9.17, 15) is 14.4 Å². The third kappa shape index (κ3) is 7.32. The van der Waals surface area contributed by atoms with Gasteiger partial charge >= 0.3 is 5.97 Å². The third-order valence-corrected chi connectivity index (χ3v) is 4.71. The second-order valence-electron chi connectivity index (χ2n) is 5.99. The molecule has 30 heavy (non-hydrogen) atoms. The Bertz CT molecular complexity index is 863. The molecule has 0 aliphatic heterocycles. The summed E-state index contributed by atoms with van der Waals surface area (Å²) in [5.74, 6) is 0.423. The Morgan fingerprint density at radius 2 is 1.37 bits per heavy atom. The summed E-state index contributed by atoms with van der Waals surface area (Å²) in [6.07, 6.45) is 0. The van der Waals surface area contributed by atoms with Crippen molar-refractivity contribution in [3.8, 4) is 11.5 Å². The molecule has 0 saturated carbocycles. The van der Waals surface area contributed by atoms with Crippen molar-refractivity contribution in [2.24, 2.45) is 0 Å². The second kappa shape index (κ2) is 11.7. The van der Waals surface area contributed by atoms with Crippen molar-refractivity contribution in [3.05, 3.63) is 48.0 Å². The van der Waals surface area contributed by atoms with E-state index in [-0.39, 0.29) is 23.3 Å². The van der Waals surface area contributed by atoms with E-state index in [4.69, 9.17) is 14.2 Å². The maximum atomic E-state index is 12.1. The number of nitrogens with one attached hydrogen (secondary N) is 2. The molecule has 0 aliphatic rings. The van der Waals surface area contributed by atoms with Gasteiger partial charge in [0.1, 0.15) is 11.5 Å². The molecule has 0 atom stereocenters. The summed E-state index contributed by atoms with van der Waals surface area (Å²) < 4.78 is 15.2. The van der Waals surface area contributed by atoms with Crippen LogP contribution in [0.15, 0.2) is 42.5 Å². The van der Waals surface area contributed by atoms with Crippen molar-refractivity contribution in [1.82, 2.24) is 0 Å². The van der Waals surface area contributed by atoms with Crippen LogP contribution in [0.3, 0.4) is 0 Å². The largest absolute Gasteiger partial charge is 0.497 e. The maximum Gasteiger partial charge on any atom is 0.338 e. The lowest BCUT2D eigenvalue weighted by Crippen LogP contribution is -2.18. The molecule has 2 N–H and O–H groups in total. The van der Waals surface area contributed by atoms with Gasteiger partial charge in [0.25, 0.3) is 0 Å². The van der Waals surface area contributed by atoms with E-state index in [1.807, 2.05) is 0 Å². The van der Waals surface area contributed by atoms with E-state index in [2.05, 4.69) is 10.6 Å². The summed E-state index contributed by atoms with van der Waals surface area (Å²) in [6, 6.07) is 11.5. The minimum absolute atomic E-state index is 0.106. The molecule has 8 nitrogen and oxygen atoms in total. The first kappa shape index (κ1) is 23.1. The van der Waals surface area contributed by atoms with Crippen molar-refractivity contribution in [3.63, 3.8) is 0 Å². The highest BCUT2D eigenvalue weighted by molar-refractivity contribution is 8.00. The zero-order valence-electron chi connectivity index (χ0n) is 17.0. The smallest absolute Gasteiger partial charge is 0.338 e. The standard InChI is InChI=1S/C21H24N2O6S/c1-4-29-21(26)14-5-7-15(8-6-14)22-19(24)12-30-13-20(25)23-16-9-17(27-2)11-18(10-16)28-3/h5-11H,4,12-13H2,1-3H3,(H,22,24)(H,23,25). The summed E-state index contributed by atoms with van der Waals surface area (Å²) in [6.45, 7) is 2.03. The van der Waals surface area contributed by atoms with Gasteiger partial charge in [0.05, 0.1) is 37.9 Å². The van der Waals surface area contributed by atoms with Gasteiger partial charge in [0, 0.05) is 29.6 Å². The lowest BCUT2D eigenvalue weighted by atomic mass is 10.2. The molecule has 0 radical (unpaired) electrons. The van der Waals surface area contributed by atoms with Crippen LogP contribution in [0.2, 0.25) is 0 Å². The predicted octanol–water partition coefficient (Wildman–Crippen LogP) is 3.19. The fourth-order valence-corrected chi connectivity index (χ4v) is 3.03. The first-order valence-electron chi connectivity index (χ1n) is 9.12. The molecular formula is C21H24N2O6S. The van der Waals surface area contributed by atoms with E-state index < -0.39 is 5.97 Å². The van der Waals surface area contributed by atoms with Gasteiger partial charge < -0.3 is 24.8 Å². The zero-order chi connectivity index (χ0) is 21.9. The highest BCUT2D eigenvalue weighted by Crippen LogP contribution is 2.25. The normalized spacial score (nSPS) is 10.1. The van der Waals surface area contributed by atoms with Crippen molar-refractivity contribution in [2.75, 3.05) is 43.0 Å². The number of ether oxygens (including phenoxy) is 3. The Morgan fingerprint density at radius 1 is 0.833 bits per heavy atom. The van der Waals surface area contributed by atoms with E-state index in [1.54, 1.807) is 49.4 Å². The Labute approximate surface area is 179 Å². The molecule has 9 heteroatoms. The van der Waals surface area contributed by atoms with Crippen molar-refractivity contribution in [1.29, 1.82) is 0 Å². The molecule has 0 aromatic heterocycles. The summed E-state index contributed by atoms with van der Waals surface area (Å²) in [7, 11) is 3.05. The monoisotopic (exact) mass is 432 g/mol. The van der Waals surface area contributed by atoms with Crippen LogP contribution >= 0.6 is 11.8 Å². The van der Waals surface area contributed by atoms with Crippen molar-refractivity contribution >= 4 is 40.9 Å². The number of hydrogen-bond donors (Lipinski definition) is 2. The van der Waals surface area contributed by atoms with Crippen LogP contribution in [0.1, 0.15) is 17.3 Å². The Balaban J connectivity index is 1.77. The van der Waals surface area contributed by atoms with E-state index in [1.165, 1.54) is 26.0 Å². The topological polar surface area (TPSA) is 103 Å². The van der Waals surface area contributed by atoms with E-state index in [0.29, 0.717) is 35.0 Å². The first-order valence-corrected chi connectivity index (χ1v) is 10.3. The molecule has 2 aromatic carbocycles. The van der Waals surface area contributed by atoms with Gasteiger partial charge in [0.15, 0.2) is 0 Å². The molecule has 0 spiro atoms. The molecule has 0 aliphatic carbocycles. The van der Waals surface area contributed by atoms with Gasteiger partial charge in [-0.25, -0.2) is 4.79 Å². The number of hydrogen-bond acceptors (Lipinski definition) is 7. The average molecular weight is 432 g/mol. The molecule has 0 bridgehead atoms. The Kier molecular flexibility index (Phi) is 9.02. The number of benzene rings is 2. The molecule has 0 heterocycles. The van der Waals surface area contributed by atoms with Gasteiger partial charge in [-0.05, 0) is 31.2 Å². The van der Waals surface area contributed by atoms with Gasteiger partial charge in [-0.3, -0.25) is 9.59 Å². The van der Waals surface area contributed by atoms with E-state index in [0.717, 1.165) is 0 Å². The highest BCUT2D eigenvalue weighted by atomic mass is 32.2. The third-order valence-electron chi connectivity index (χ3n) is 3.78. The molecule has 160 valence electrons. The van der Waals surface area contributed by atoms with Gasteiger partial charge in [0.2, 0.25) is 11.8 Å². The summed E-state index contributed by atoms with van der Waals surface area (Å²) in [5.41, 5.74) is 1.51. The van der Waals surface area contributed by atoms with Crippen LogP contribution in [0, 0.1) is 0 Å². The predicted molar refractivity (Wildman–Crippen MR) is 117 cm³/mol. The zero-order valence-corrected chi connectivity index (χ0v) is 17.8. The first-order chi connectivity index (χ1) is 14.4. The molecular weight excluding hydrogens is 408 g/mol. The fraction of sp³-hybridized carbons (Fsp3) is 0.286. The SMILES string of the molecule is CCOC(=O)c1ccc(NC(=O)CSCC(=O)Nc2cc(OC)cc(OC)c2)cc1. The molecule has 2 amide bonds. The second-order valence-corrected chi connectivity index (χ2v) is 6.97. The molecule has 0 fully saturated rings. The van der Waals surface area contributed by atoms with Gasteiger partial charge in [-0.2, -0.15) is 0 Å². The summed E-state index contributed by atoms with van der Waals surface area (Å²) in [4.78, 5) is 35.8. The van der Waals surface area contributed by atoms with Crippen LogP contribution in [0.5, 0.6) is 11.5 Å². The number of methoxy groups -OCH3 is 2. The molecule has 0 saturated heterocycles. The number of carbonyl (C=O) groups excluding carboxylic acids is 3. The number of carbonyl (C=O) groups is 3. The van der Waals surface area contributed by atoms with E-state index >= 15 is 0 Å².